The topological polar surface area (TPSA) is 55.6 Å². The molecule has 1 aromatic carbocycles. The van der Waals surface area contributed by atoms with Gasteiger partial charge in [0.1, 0.15) is 0 Å². The summed E-state index contributed by atoms with van der Waals surface area (Å²) in [5.41, 5.74) is 6.96. The van der Waals surface area contributed by atoms with Crippen LogP contribution in [0.15, 0.2) is 24.3 Å². The number of rotatable bonds is 3. The van der Waals surface area contributed by atoms with E-state index < -0.39 is 0 Å². The van der Waals surface area contributed by atoms with Crippen molar-refractivity contribution in [3.63, 3.8) is 0 Å². The number of nitrogens with two attached hydrogens (primary N) is 1. The summed E-state index contributed by atoms with van der Waals surface area (Å²) >= 11 is 0. The molecule has 1 heterocycles. The lowest BCUT2D eigenvalue weighted by Crippen LogP contribution is -2.40. The molecule has 1 aromatic rings. The molecule has 17 heavy (non-hydrogen) atoms. The Kier molecular flexibility index (Phi) is 3.76. The Morgan fingerprint density at radius 1 is 1.47 bits per heavy atom. The molecule has 1 unspecified atom stereocenters. The van der Waals surface area contributed by atoms with Gasteiger partial charge in [-0.2, -0.15) is 0 Å². The van der Waals surface area contributed by atoms with Crippen molar-refractivity contribution in [1.82, 2.24) is 4.90 Å². The van der Waals surface area contributed by atoms with E-state index in [-0.39, 0.29) is 5.91 Å². The summed E-state index contributed by atoms with van der Waals surface area (Å²) < 4.78 is 5.49. The number of primary amides is 1. The van der Waals surface area contributed by atoms with Crippen LogP contribution in [0, 0.1) is 0 Å². The normalized spacial score (nSPS) is 21.4. The molecule has 1 amide bonds. The first kappa shape index (κ1) is 12.1. The lowest BCUT2D eigenvalue weighted by Gasteiger charge is -2.31. The fourth-order valence-corrected chi connectivity index (χ4v) is 2.07. The van der Waals surface area contributed by atoms with E-state index in [0.29, 0.717) is 11.7 Å². The number of hydrogen-bond acceptors (Lipinski definition) is 3. The van der Waals surface area contributed by atoms with E-state index in [1.165, 1.54) is 5.56 Å². The Labute approximate surface area is 101 Å². The first-order valence-electron chi connectivity index (χ1n) is 5.88. The molecule has 0 radical (unpaired) electrons. The van der Waals surface area contributed by atoms with Crippen molar-refractivity contribution in [3.05, 3.63) is 35.4 Å². The Hall–Kier alpha value is -1.39. The number of benzene rings is 1. The van der Waals surface area contributed by atoms with Gasteiger partial charge in [-0.3, -0.25) is 9.69 Å². The van der Waals surface area contributed by atoms with Gasteiger partial charge < -0.3 is 10.5 Å². The van der Waals surface area contributed by atoms with Gasteiger partial charge in [0, 0.05) is 25.2 Å². The highest BCUT2D eigenvalue weighted by Gasteiger charge is 2.16. The van der Waals surface area contributed by atoms with Gasteiger partial charge in [-0.1, -0.05) is 12.1 Å². The molecular weight excluding hydrogens is 216 g/mol. The van der Waals surface area contributed by atoms with E-state index in [4.69, 9.17) is 10.5 Å². The maximum absolute atomic E-state index is 10.9. The van der Waals surface area contributed by atoms with Crippen LogP contribution in [0.3, 0.4) is 0 Å². The second-order valence-corrected chi connectivity index (χ2v) is 4.48. The van der Waals surface area contributed by atoms with Crippen molar-refractivity contribution in [1.29, 1.82) is 0 Å². The maximum Gasteiger partial charge on any atom is 0.248 e. The summed E-state index contributed by atoms with van der Waals surface area (Å²) in [6, 6.07) is 7.48. The van der Waals surface area contributed by atoms with Gasteiger partial charge in [-0.05, 0) is 24.6 Å². The van der Waals surface area contributed by atoms with Gasteiger partial charge in [-0.15, -0.1) is 0 Å². The third kappa shape index (κ3) is 3.28. The quantitative estimate of drug-likeness (QED) is 0.849. The minimum Gasteiger partial charge on any atom is -0.376 e. The van der Waals surface area contributed by atoms with Gasteiger partial charge in [0.15, 0.2) is 0 Å². The fraction of sp³-hybridized carbons (Fsp3) is 0.462. The number of carbonyl (C=O) groups is 1. The summed E-state index contributed by atoms with van der Waals surface area (Å²) in [6.07, 6.45) is 0.300. The molecule has 0 saturated carbocycles. The zero-order chi connectivity index (χ0) is 12.3. The number of ether oxygens (including phenoxy) is 1. The zero-order valence-electron chi connectivity index (χ0n) is 10.1. The summed E-state index contributed by atoms with van der Waals surface area (Å²) in [6.45, 7) is 5.69. The molecule has 0 bridgehead atoms. The lowest BCUT2D eigenvalue weighted by atomic mass is 10.1. The highest BCUT2D eigenvalue weighted by Crippen LogP contribution is 2.11. The van der Waals surface area contributed by atoms with Crippen molar-refractivity contribution < 1.29 is 9.53 Å². The third-order valence-corrected chi connectivity index (χ3v) is 2.97. The van der Waals surface area contributed by atoms with E-state index in [1.807, 2.05) is 12.1 Å². The van der Waals surface area contributed by atoms with Crippen LogP contribution in [0.2, 0.25) is 0 Å². The summed E-state index contributed by atoms with van der Waals surface area (Å²) in [7, 11) is 0. The van der Waals surface area contributed by atoms with Crippen LogP contribution in [0.5, 0.6) is 0 Å². The molecule has 1 saturated heterocycles. The average Bonchev–Trinajstić information content (AvgIpc) is 2.29. The molecule has 2 N–H and O–H groups in total. The van der Waals surface area contributed by atoms with Gasteiger partial charge in [0.25, 0.3) is 0 Å². The molecule has 4 heteroatoms. The van der Waals surface area contributed by atoms with E-state index >= 15 is 0 Å². The molecule has 92 valence electrons. The first-order chi connectivity index (χ1) is 8.15. The smallest absolute Gasteiger partial charge is 0.248 e. The minimum atomic E-state index is -0.378. The van der Waals surface area contributed by atoms with Crippen molar-refractivity contribution in [2.75, 3.05) is 19.7 Å². The number of morpholine rings is 1. The Balaban J connectivity index is 1.96. The van der Waals surface area contributed by atoms with Crippen LogP contribution < -0.4 is 5.73 Å². The zero-order valence-corrected chi connectivity index (χ0v) is 10.1. The largest absolute Gasteiger partial charge is 0.376 e. The van der Waals surface area contributed by atoms with Gasteiger partial charge in [0.05, 0.1) is 12.7 Å². The SMILES string of the molecule is CC1CN(Cc2ccc(C(N)=O)cc2)CCO1. The summed E-state index contributed by atoms with van der Waals surface area (Å²) in [4.78, 5) is 13.3. The van der Waals surface area contributed by atoms with E-state index in [2.05, 4.69) is 11.8 Å². The second-order valence-electron chi connectivity index (χ2n) is 4.48. The Morgan fingerprint density at radius 3 is 2.76 bits per heavy atom. The van der Waals surface area contributed by atoms with E-state index in [1.54, 1.807) is 12.1 Å². The molecule has 1 aliphatic rings. The van der Waals surface area contributed by atoms with Crippen LogP contribution in [-0.2, 0) is 11.3 Å². The summed E-state index contributed by atoms with van der Waals surface area (Å²) in [5.74, 6) is -0.378. The van der Waals surface area contributed by atoms with Crippen molar-refractivity contribution in [2.24, 2.45) is 5.73 Å². The maximum atomic E-state index is 10.9. The summed E-state index contributed by atoms with van der Waals surface area (Å²) in [5, 5.41) is 0. The molecular formula is C13H18N2O2. The molecule has 2 rings (SSSR count). The first-order valence-corrected chi connectivity index (χ1v) is 5.88. The van der Waals surface area contributed by atoms with Crippen LogP contribution >= 0.6 is 0 Å². The van der Waals surface area contributed by atoms with Crippen molar-refractivity contribution in [2.45, 2.75) is 19.6 Å². The lowest BCUT2D eigenvalue weighted by molar-refractivity contribution is -0.0212. The third-order valence-electron chi connectivity index (χ3n) is 2.97. The van der Waals surface area contributed by atoms with Crippen molar-refractivity contribution >= 4 is 5.91 Å². The Bertz CT molecular complexity index is 389. The number of nitrogens with zero attached hydrogens (tertiary/aromatic N) is 1. The predicted octanol–water partition coefficient (Wildman–Crippen LogP) is 1.01. The van der Waals surface area contributed by atoms with Gasteiger partial charge in [-0.25, -0.2) is 0 Å². The van der Waals surface area contributed by atoms with Gasteiger partial charge in [0.2, 0.25) is 5.91 Å². The highest BCUT2D eigenvalue weighted by molar-refractivity contribution is 5.92. The number of carbonyl (C=O) groups excluding carboxylic acids is 1. The molecule has 1 fully saturated rings. The minimum absolute atomic E-state index is 0.300. The molecule has 1 atom stereocenters. The highest BCUT2D eigenvalue weighted by atomic mass is 16.5. The second kappa shape index (κ2) is 5.29. The predicted molar refractivity (Wildman–Crippen MR) is 65.7 cm³/mol. The number of amides is 1. The fourth-order valence-electron chi connectivity index (χ4n) is 2.07. The van der Waals surface area contributed by atoms with Crippen LogP contribution in [-0.4, -0.2) is 36.6 Å². The van der Waals surface area contributed by atoms with Crippen LogP contribution in [0.4, 0.5) is 0 Å². The van der Waals surface area contributed by atoms with Crippen LogP contribution in [0.1, 0.15) is 22.8 Å². The molecule has 4 nitrogen and oxygen atoms in total. The molecule has 0 spiro atoms. The molecule has 0 aromatic heterocycles. The standard InChI is InChI=1S/C13H18N2O2/c1-10-8-15(6-7-17-10)9-11-2-4-12(5-3-11)13(14)16/h2-5,10H,6-9H2,1H3,(H2,14,16). The average molecular weight is 234 g/mol. The van der Waals surface area contributed by atoms with Crippen LogP contribution in [0.25, 0.3) is 0 Å². The van der Waals surface area contributed by atoms with Crippen molar-refractivity contribution in [3.8, 4) is 0 Å². The van der Waals surface area contributed by atoms with Gasteiger partial charge >= 0.3 is 0 Å². The van der Waals surface area contributed by atoms with E-state index in [0.717, 1.165) is 26.2 Å². The molecule has 1 aliphatic heterocycles. The monoisotopic (exact) mass is 234 g/mol. The Morgan fingerprint density at radius 2 is 2.18 bits per heavy atom. The van der Waals surface area contributed by atoms with E-state index in [9.17, 15) is 4.79 Å². The number of hydrogen-bond donors (Lipinski definition) is 1. The molecule has 0 aliphatic carbocycles.